The number of amides is 2. The fraction of sp³-hybridized carbons (Fsp3) is 0.348. The van der Waals surface area contributed by atoms with Gasteiger partial charge in [0.2, 0.25) is 5.91 Å². The highest BCUT2D eigenvalue weighted by atomic mass is 19.1. The minimum atomic E-state index is -0.345. The molecule has 8 heteroatoms. The second kappa shape index (κ2) is 10.2. The SMILES string of the molecule is COc1ccccc1C(CNC(=O)C1=NN(Cc2ccc(F)cc2)C(=O)CC1)N(C)C. The van der Waals surface area contributed by atoms with E-state index in [1.165, 1.54) is 17.1 Å². The zero-order valence-corrected chi connectivity index (χ0v) is 18.0. The largest absolute Gasteiger partial charge is 0.496 e. The van der Waals surface area contributed by atoms with Gasteiger partial charge in [0.25, 0.3) is 5.91 Å². The Morgan fingerprint density at radius 2 is 1.90 bits per heavy atom. The summed E-state index contributed by atoms with van der Waals surface area (Å²) in [6.45, 7) is 0.550. The minimum Gasteiger partial charge on any atom is -0.496 e. The van der Waals surface area contributed by atoms with Crippen LogP contribution in [0, 0.1) is 5.82 Å². The fourth-order valence-corrected chi connectivity index (χ4v) is 3.45. The van der Waals surface area contributed by atoms with E-state index in [1.807, 2.05) is 43.3 Å². The molecule has 1 N–H and O–H groups in total. The third-order valence-electron chi connectivity index (χ3n) is 5.19. The number of hydrogen-bond donors (Lipinski definition) is 1. The zero-order chi connectivity index (χ0) is 22.4. The number of hydrazone groups is 1. The van der Waals surface area contributed by atoms with Crippen molar-refractivity contribution in [2.45, 2.75) is 25.4 Å². The van der Waals surface area contributed by atoms with Crippen LogP contribution < -0.4 is 10.1 Å². The molecule has 3 rings (SSSR count). The van der Waals surface area contributed by atoms with E-state index in [1.54, 1.807) is 19.2 Å². The molecule has 1 aliphatic rings. The van der Waals surface area contributed by atoms with Crippen LogP contribution in [0.5, 0.6) is 5.75 Å². The molecule has 1 unspecified atom stereocenters. The molecule has 0 aliphatic carbocycles. The number of nitrogens with one attached hydrogen (secondary N) is 1. The Morgan fingerprint density at radius 1 is 1.19 bits per heavy atom. The van der Waals surface area contributed by atoms with E-state index in [0.717, 1.165) is 16.9 Å². The lowest BCUT2D eigenvalue weighted by molar-refractivity contribution is -0.132. The summed E-state index contributed by atoms with van der Waals surface area (Å²) >= 11 is 0. The first kappa shape index (κ1) is 22.4. The minimum absolute atomic E-state index is 0.0961. The summed E-state index contributed by atoms with van der Waals surface area (Å²) in [7, 11) is 5.49. The van der Waals surface area contributed by atoms with Crippen molar-refractivity contribution in [2.75, 3.05) is 27.7 Å². The number of methoxy groups -OCH3 is 1. The second-order valence-corrected chi connectivity index (χ2v) is 7.56. The average Bonchev–Trinajstić information content (AvgIpc) is 2.77. The molecule has 0 radical (unpaired) electrons. The van der Waals surface area contributed by atoms with Crippen molar-refractivity contribution in [3.05, 3.63) is 65.5 Å². The lowest BCUT2D eigenvalue weighted by Crippen LogP contribution is -2.41. The van der Waals surface area contributed by atoms with Gasteiger partial charge in [0.1, 0.15) is 17.3 Å². The van der Waals surface area contributed by atoms with Gasteiger partial charge in [-0.05, 0) is 37.9 Å². The van der Waals surface area contributed by atoms with Crippen LogP contribution in [0.3, 0.4) is 0 Å². The molecule has 164 valence electrons. The van der Waals surface area contributed by atoms with Gasteiger partial charge in [-0.15, -0.1) is 0 Å². The van der Waals surface area contributed by atoms with Gasteiger partial charge in [0, 0.05) is 24.9 Å². The Balaban J connectivity index is 1.69. The van der Waals surface area contributed by atoms with Crippen LogP contribution in [0.15, 0.2) is 53.6 Å². The Labute approximate surface area is 181 Å². The molecule has 2 aromatic carbocycles. The highest BCUT2D eigenvalue weighted by Gasteiger charge is 2.26. The monoisotopic (exact) mass is 426 g/mol. The highest BCUT2D eigenvalue weighted by molar-refractivity contribution is 6.39. The lowest BCUT2D eigenvalue weighted by Gasteiger charge is -2.27. The third-order valence-corrected chi connectivity index (χ3v) is 5.19. The molecule has 0 saturated heterocycles. The predicted octanol–water partition coefficient (Wildman–Crippen LogP) is 2.73. The number of para-hydroxylation sites is 1. The zero-order valence-electron chi connectivity index (χ0n) is 18.0. The summed E-state index contributed by atoms with van der Waals surface area (Å²) in [5, 5.41) is 8.48. The molecule has 2 amide bonds. The van der Waals surface area contributed by atoms with Crippen molar-refractivity contribution in [3.63, 3.8) is 0 Å². The molecule has 0 bridgehead atoms. The molecule has 0 saturated carbocycles. The van der Waals surface area contributed by atoms with E-state index < -0.39 is 0 Å². The summed E-state index contributed by atoms with van der Waals surface area (Å²) in [6.07, 6.45) is 0.489. The van der Waals surface area contributed by atoms with Crippen LogP contribution in [-0.2, 0) is 16.1 Å². The highest BCUT2D eigenvalue weighted by Crippen LogP contribution is 2.27. The Kier molecular flexibility index (Phi) is 7.36. The first-order valence-electron chi connectivity index (χ1n) is 10.1. The first-order chi connectivity index (χ1) is 14.9. The topological polar surface area (TPSA) is 74.2 Å². The summed E-state index contributed by atoms with van der Waals surface area (Å²) in [5.74, 6) is -0.0660. The molecule has 1 aliphatic heterocycles. The van der Waals surface area contributed by atoms with E-state index in [0.29, 0.717) is 12.3 Å². The number of carbonyl (C=O) groups is 2. The van der Waals surface area contributed by atoms with Gasteiger partial charge >= 0.3 is 0 Å². The summed E-state index contributed by atoms with van der Waals surface area (Å²) in [5.41, 5.74) is 2.01. The van der Waals surface area contributed by atoms with E-state index in [2.05, 4.69) is 10.4 Å². The maximum absolute atomic E-state index is 13.1. The van der Waals surface area contributed by atoms with Crippen LogP contribution in [0.1, 0.15) is 30.0 Å². The smallest absolute Gasteiger partial charge is 0.267 e. The number of hydrogen-bond acceptors (Lipinski definition) is 5. The Bertz CT molecular complexity index is 960. The van der Waals surface area contributed by atoms with Gasteiger partial charge in [-0.2, -0.15) is 5.10 Å². The van der Waals surface area contributed by atoms with Crippen LogP contribution in [0.2, 0.25) is 0 Å². The first-order valence-corrected chi connectivity index (χ1v) is 10.1. The quantitative estimate of drug-likeness (QED) is 0.705. The molecular formula is C23H27FN4O3. The molecule has 0 fully saturated rings. The third kappa shape index (κ3) is 5.67. The predicted molar refractivity (Wildman–Crippen MR) is 116 cm³/mol. The van der Waals surface area contributed by atoms with Crippen molar-refractivity contribution in [1.29, 1.82) is 0 Å². The number of ether oxygens (including phenoxy) is 1. The van der Waals surface area contributed by atoms with Crippen LogP contribution in [0.4, 0.5) is 4.39 Å². The number of halogens is 1. The number of likely N-dealkylation sites (N-methyl/N-ethyl adjacent to an activating group) is 1. The number of nitrogens with zero attached hydrogens (tertiary/aromatic N) is 3. The van der Waals surface area contributed by atoms with Crippen LogP contribution in [0.25, 0.3) is 0 Å². The van der Waals surface area contributed by atoms with Gasteiger partial charge in [-0.25, -0.2) is 9.40 Å². The lowest BCUT2D eigenvalue weighted by atomic mass is 10.0. The molecule has 0 spiro atoms. The van der Waals surface area contributed by atoms with Gasteiger partial charge < -0.3 is 15.0 Å². The van der Waals surface area contributed by atoms with Gasteiger partial charge in [-0.3, -0.25) is 9.59 Å². The second-order valence-electron chi connectivity index (χ2n) is 7.56. The molecular weight excluding hydrogens is 399 g/mol. The van der Waals surface area contributed by atoms with E-state index in [9.17, 15) is 14.0 Å². The summed E-state index contributed by atoms with van der Waals surface area (Å²) in [4.78, 5) is 27.0. The van der Waals surface area contributed by atoms with E-state index in [4.69, 9.17) is 4.74 Å². The molecule has 1 heterocycles. The van der Waals surface area contributed by atoms with Gasteiger partial charge in [0.05, 0.1) is 19.7 Å². The summed E-state index contributed by atoms with van der Waals surface area (Å²) in [6, 6.07) is 13.5. The molecule has 2 aromatic rings. The van der Waals surface area contributed by atoms with Crippen molar-refractivity contribution in [1.82, 2.24) is 15.2 Å². The molecule has 31 heavy (non-hydrogen) atoms. The molecule has 7 nitrogen and oxygen atoms in total. The number of rotatable bonds is 8. The fourth-order valence-electron chi connectivity index (χ4n) is 3.45. The van der Waals surface area contributed by atoms with E-state index >= 15 is 0 Å². The van der Waals surface area contributed by atoms with Crippen molar-refractivity contribution >= 4 is 17.5 Å². The Morgan fingerprint density at radius 3 is 2.58 bits per heavy atom. The van der Waals surface area contributed by atoms with Gasteiger partial charge in [-0.1, -0.05) is 30.3 Å². The Hall–Kier alpha value is -3.26. The normalized spacial score (nSPS) is 14.9. The molecule has 0 aromatic heterocycles. The number of carbonyl (C=O) groups excluding carboxylic acids is 2. The van der Waals surface area contributed by atoms with Crippen LogP contribution in [-0.4, -0.2) is 55.2 Å². The number of benzene rings is 2. The summed E-state index contributed by atoms with van der Waals surface area (Å²) < 4.78 is 18.6. The van der Waals surface area contributed by atoms with Gasteiger partial charge in [0.15, 0.2) is 0 Å². The van der Waals surface area contributed by atoms with E-state index in [-0.39, 0.29) is 43.1 Å². The van der Waals surface area contributed by atoms with Crippen molar-refractivity contribution in [2.24, 2.45) is 5.10 Å². The molecule has 1 atom stereocenters. The van der Waals surface area contributed by atoms with Crippen LogP contribution >= 0.6 is 0 Å². The maximum Gasteiger partial charge on any atom is 0.267 e. The standard InChI is InChI=1S/C23H27FN4O3/c1-27(2)20(18-6-4-5-7-21(18)31-3)14-25-23(30)19-12-13-22(29)28(26-19)15-16-8-10-17(24)11-9-16/h4-11,20H,12-15H2,1-3H3,(H,25,30). The van der Waals surface area contributed by atoms with Crippen molar-refractivity contribution < 1.29 is 18.7 Å². The van der Waals surface area contributed by atoms with Crippen molar-refractivity contribution in [3.8, 4) is 5.75 Å². The maximum atomic E-state index is 13.1. The average molecular weight is 426 g/mol.